The van der Waals surface area contributed by atoms with Gasteiger partial charge in [-0.25, -0.2) is 0 Å². The SMILES string of the molecule is COc1cc2c(cc1OC)[C@@H]1[C@@H]3Cc4cc(OC)c(OC)cc4[C@H](CNC(=O)/C=C/c4ccc(-c5ccccn5)cc4)N3[C@@H](C#N)[C@H](C2)N1C. The van der Waals surface area contributed by atoms with E-state index in [1.54, 1.807) is 46.8 Å². The number of piperazine rings is 1. The number of pyridine rings is 1. The van der Waals surface area contributed by atoms with Crippen LogP contribution in [0.4, 0.5) is 0 Å². The van der Waals surface area contributed by atoms with Gasteiger partial charge in [-0.15, -0.1) is 0 Å². The monoisotopic (exact) mass is 671 g/mol. The average molecular weight is 672 g/mol. The van der Waals surface area contributed by atoms with E-state index in [9.17, 15) is 10.1 Å². The van der Waals surface area contributed by atoms with Gasteiger partial charge in [-0.05, 0) is 90.2 Å². The van der Waals surface area contributed by atoms with Gasteiger partial charge in [0.25, 0.3) is 0 Å². The number of hydrogen-bond donors (Lipinski definition) is 1. The maximum atomic E-state index is 13.4. The normalized spacial score (nSPS) is 22.4. The molecular weight excluding hydrogens is 630 g/mol. The summed E-state index contributed by atoms with van der Waals surface area (Å²) in [5, 5.41) is 14.0. The maximum Gasteiger partial charge on any atom is 0.244 e. The molecule has 3 aliphatic rings. The van der Waals surface area contributed by atoms with Crippen molar-refractivity contribution in [1.82, 2.24) is 20.1 Å². The van der Waals surface area contributed by atoms with E-state index in [0.717, 1.165) is 39.1 Å². The lowest BCUT2D eigenvalue weighted by molar-refractivity contribution is -0.117. The van der Waals surface area contributed by atoms with Crippen LogP contribution in [0.5, 0.6) is 23.0 Å². The lowest BCUT2D eigenvalue weighted by Gasteiger charge is -2.60. The van der Waals surface area contributed by atoms with Gasteiger partial charge < -0.3 is 24.3 Å². The third-order valence-corrected chi connectivity index (χ3v) is 10.5. The Kier molecular flexibility index (Phi) is 9.19. The zero-order valence-electron chi connectivity index (χ0n) is 28.9. The van der Waals surface area contributed by atoms with Crippen molar-refractivity contribution in [2.75, 3.05) is 42.0 Å². The standard InChI is InChI=1S/C40H41N5O5/c1-44-31-16-27-19-36(48-3)38(50-5)21-29(27)40(44)32-17-26-18-35(47-2)37(49-4)20-28(26)34(45(32)33(31)22-41)23-43-39(46)14-11-24-9-12-25(13-10-24)30-8-6-7-15-42-30/h6-15,18-21,31-34,40H,16-17,23H2,1-5H3,(H,43,46)/b14-11+/t31-,32-,33-,34-,40+/m0/s1. The van der Waals surface area contributed by atoms with Gasteiger partial charge in [0.05, 0.1) is 52.3 Å². The number of hydrogen-bond acceptors (Lipinski definition) is 9. The number of nitrogens with one attached hydrogen (secondary N) is 1. The quantitative estimate of drug-likeness (QED) is 0.235. The van der Waals surface area contributed by atoms with Crippen LogP contribution in [0.2, 0.25) is 0 Å². The second-order valence-electron chi connectivity index (χ2n) is 12.9. The fourth-order valence-electron chi connectivity index (χ4n) is 8.11. The highest BCUT2D eigenvalue weighted by atomic mass is 16.5. The van der Waals surface area contributed by atoms with Gasteiger partial charge in [0.1, 0.15) is 6.04 Å². The van der Waals surface area contributed by atoms with Gasteiger partial charge in [0.15, 0.2) is 23.0 Å². The summed E-state index contributed by atoms with van der Waals surface area (Å²) in [6, 6.07) is 23.7. The van der Waals surface area contributed by atoms with Crippen LogP contribution >= 0.6 is 0 Å². The number of fused-ring (bicyclic) bond motifs is 7. The predicted octanol–water partition coefficient (Wildman–Crippen LogP) is 5.38. The number of benzene rings is 3. The summed E-state index contributed by atoms with van der Waals surface area (Å²) in [7, 11) is 8.67. The Morgan fingerprint density at radius 1 is 0.880 bits per heavy atom. The minimum atomic E-state index is -0.432. The molecule has 5 atom stereocenters. The summed E-state index contributed by atoms with van der Waals surface area (Å²) >= 11 is 0. The topological polar surface area (TPSA) is 109 Å². The molecule has 0 unspecified atom stereocenters. The summed E-state index contributed by atoms with van der Waals surface area (Å²) in [6.45, 7) is 0.306. The third kappa shape index (κ3) is 5.82. The zero-order valence-corrected chi connectivity index (χ0v) is 28.9. The molecule has 1 aromatic heterocycles. The van der Waals surface area contributed by atoms with E-state index in [1.165, 1.54) is 0 Å². The lowest BCUT2D eigenvalue weighted by atomic mass is 9.72. The lowest BCUT2D eigenvalue weighted by Crippen LogP contribution is -2.68. The van der Waals surface area contributed by atoms with Crippen molar-refractivity contribution >= 4 is 12.0 Å². The molecule has 10 nitrogen and oxygen atoms in total. The molecule has 3 aromatic carbocycles. The number of carbonyl (C=O) groups is 1. The summed E-state index contributed by atoms with van der Waals surface area (Å²) in [5.74, 6) is 2.40. The van der Waals surface area contributed by atoms with Crippen LogP contribution in [0.25, 0.3) is 17.3 Å². The molecule has 50 heavy (non-hydrogen) atoms. The highest BCUT2D eigenvalue weighted by Gasteiger charge is 2.54. The number of ether oxygens (including phenoxy) is 4. The van der Waals surface area contributed by atoms with Crippen molar-refractivity contribution in [3.05, 3.63) is 107 Å². The van der Waals surface area contributed by atoms with Crippen molar-refractivity contribution in [2.24, 2.45) is 0 Å². The Bertz CT molecular complexity index is 1960. The molecule has 1 N–H and O–H groups in total. The van der Waals surface area contributed by atoms with Crippen molar-refractivity contribution < 1.29 is 23.7 Å². The van der Waals surface area contributed by atoms with Crippen LogP contribution in [-0.2, 0) is 17.6 Å². The van der Waals surface area contributed by atoms with E-state index in [0.29, 0.717) is 42.4 Å². The number of amides is 1. The first-order valence-corrected chi connectivity index (χ1v) is 16.7. The fourth-order valence-corrected chi connectivity index (χ4v) is 8.11. The van der Waals surface area contributed by atoms with E-state index >= 15 is 0 Å². The number of rotatable bonds is 9. The van der Waals surface area contributed by atoms with Crippen molar-refractivity contribution in [3.63, 3.8) is 0 Å². The number of methoxy groups -OCH3 is 4. The Balaban J connectivity index is 1.21. The van der Waals surface area contributed by atoms with Crippen LogP contribution in [0.1, 0.15) is 39.9 Å². The third-order valence-electron chi connectivity index (χ3n) is 10.5. The molecule has 4 heterocycles. The summed E-state index contributed by atoms with van der Waals surface area (Å²) < 4.78 is 22.8. The molecule has 0 spiro atoms. The molecular formula is C40H41N5O5. The molecule has 1 fully saturated rings. The van der Waals surface area contributed by atoms with Gasteiger partial charge in [0.2, 0.25) is 5.91 Å². The number of likely N-dealkylation sites (N-methyl/N-ethyl adjacent to an activating group) is 1. The summed E-state index contributed by atoms with van der Waals surface area (Å²) in [6.07, 6.45) is 6.50. The van der Waals surface area contributed by atoms with Gasteiger partial charge in [-0.1, -0.05) is 30.3 Å². The molecule has 10 heteroatoms. The van der Waals surface area contributed by atoms with Gasteiger partial charge in [0, 0.05) is 36.5 Å². The van der Waals surface area contributed by atoms with Crippen molar-refractivity contribution in [1.29, 1.82) is 5.26 Å². The minimum Gasteiger partial charge on any atom is -0.493 e. The van der Waals surface area contributed by atoms with Crippen LogP contribution in [-0.4, -0.2) is 80.8 Å². The largest absolute Gasteiger partial charge is 0.493 e. The Labute approximate surface area is 292 Å². The molecule has 3 aliphatic heterocycles. The molecule has 4 aromatic rings. The highest BCUT2D eigenvalue weighted by Crippen LogP contribution is 2.52. The van der Waals surface area contributed by atoms with Gasteiger partial charge in [-0.3, -0.25) is 19.6 Å². The number of nitriles is 1. The zero-order chi connectivity index (χ0) is 34.9. The first-order valence-electron chi connectivity index (χ1n) is 16.7. The second kappa shape index (κ2) is 13.9. The van der Waals surface area contributed by atoms with E-state index in [2.05, 4.69) is 45.4 Å². The number of aromatic nitrogens is 1. The second-order valence-corrected chi connectivity index (χ2v) is 12.9. The Morgan fingerprint density at radius 3 is 2.12 bits per heavy atom. The van der Waals surface area contributed by atoms with E-state index in [1.807, 2.05) is 54.6 Å². The molecule has 0 saturated carbocycles. The summed E-state index contributed by atoms with van der Waals surface area (Å²) in [5.41, 5.74) is 7.25. The van der Waals surface area contributed by atoms with Crippen molar-refractivity contribution in [2.45, 2.75) is 43.1 Å². The van der Waals surface area contributed by atoms with E-state index in [4.69, 9.17) is 18.9 Å². The molecule has 2 bridgehead atoms. The van der Waals surface area contributed by atoms with Crippen molar-refractivity contribution in [3.8, 4) is 40.3 Å². The predicted molar refractivity (Wildman–Crippen MR) is 190 cm³/mol. The summed E-state index contributed by atoms with van der Waals surface area (Å²) in [4.78, 5) is 22.5. The van der Waals surface area contributed by atoms with E-state index in [-0.39, 0.29) is 30.1 Å². The Hall–Kier alpha value is -5.37. The van der Waals surface area contributed by atoms with Crippen LogP contribution in [0.3, 0.4) is 0 Å². The molecule has 7 rings (SSSR count). The van der Waals surface area contributed by atoms with Crippen LogP contribution in [0.15, 0.2) is 79.0 Å². The molecule has 0 radical (unpaired) electrons. The van der Waals surface area contributed by atoms with Gasteiger partial charge in [-0.2, -0.15) is 5.26 Å². The number of carbonyl (C=O) groups excluding carboxylic acids is 1. The maximum absolute atomic E-state index is 13.4. The number of nitrogens with zero attached hydrogens (tertiary/aromatic N) is 4. The van der Waals surface area contributed by atoms with Gasteiger partial charge >= 0.3 is 0 Å². The molecule has 1 saturated heterocycles. The van der Waals surface area contributed by atoms with Crippen LogP contribution in [0, 0.1) is 11.3 Å². The first-order chi connectivity index (χ1) is 24.4. The molecule has 0 aliphatic carbocycles. The minimum absolute atomic E-state index is 0.0263. The van der Waals surface area contributed by atoms with E-state index < -0.39 is 6.04 Å². The Morgan fingerprint density at radius 2 is 1.50 bits per heavy atom. The first kappa shape index (κ1) is 33.1. The molecule has 256 valence electrons. The van der Waals surface area contributed by atoms with Crippen LogP contribution < -0.4 is 24.3 Å². The molecule has 1 amide bonds. The highest BCUT2D eigenvalue weighted by molar-refractivity contribution is 5.91. The smallest absolute Gasteiger partial charge is 0.244 e. The fraction of sp³-hybridized carbons (Fsp3) is 0.325. The average Bonchev–Trinajstić information content (AvgIpc) is 3.15.